The lowest BCUT2D eigenvalue weighted by Gasteiger charge is -2.36. The van der Waals surface area contributed by atoms with E-state index in [-0.39, 0.29) is 0 Å². The monoisotopic (exact) mass is 1160 g/mol. The molecule has 0 aliphatic carbocycles. The van der Waals surface area contributed by atoms with Crippen molar-refractivity contribution in [1.82, 2.24) is 0 Å². The standard InChI is InChI=1S/3C24H52N.H3O4P/c3*1-5-8-10-12-14-16-18-20-22-24-25(4,7-3)23-21-19-17-15-13-11-9-6-2;1-5(2,3)4/h3*5-24H2,1-4H3;(H3,1,2,3,4)/q3*+1;/p-3. The molecule has 3 atom stereocenters. The Morgan fingerprint density at radius 2 is 0.287 bits per heavy atom. The van der Waals surface area contributed by atoms with Gasteiger partial charge in [0.25, 0.3) is 0 Å². The first-order chi connectivity index (χ1) is 38.5. The van der Waals surface area contributed by atoms with E-state index < -0.39 is 7.82 Å². The Hall–Kier alpha value is -0.0100. The van der Waals surface area contributed by atoms with Gasteiger partial charge in [-0.15, -0.1) is 0 Å². The summed E-state index contributed by atoms with van der Waals surface area (Å²) >= 11 is 0. The molecule has 80 heavy (non-hydrogen) atoms. The zero-order valence-corrected chi connectivity index (χ0v) is 58.7. The number of unbranched alkanes of at least 4 members (excludes halogenated alkanes) is 45. The van der Waals surface area contributed by atoms with Crippen molar-refractivity contribution in [3.8, 4) is 0 Å². The van der Waals surface area contributed by atoms with Crippen molar-refractivity contribution in [2.24, 2.45) is 0 Å². The molecule has 0 rings (SSSR count). The molecule has 488 valence electrons. The van der Waals surface area contributed by atoms with Crippen molar-refractivity contribution in [2.75, 3.05) is 80.0 Å². The average molecular weight is 1160 g/mol. The zero-order valence-electron chi connectivity index (χ0n) is 57.8. The van der Waals surface area contributed by atoms with Crippen molar-refractivity contribution in [3.63, 3.8) is 0 Å². The van der Waals surface area contributed by atoms with Gasteiger partial charge in [0.2, 0.25) is 0 Å². The number of nitrogens with zero attached hydrogens (tertiary/aromatic N) is 3. The van der Waals surface area contributed by atoms with E-state index in [0.717, 1.165) is 0 Å². The number of phosphoric acid groups is 1. The van der Waals surface area contributed by atoms with Crippen LogP contribution in [0.2, 0.25) is 0 Å². The van der Waals surface area contributed by atoms with E-state index in [1.54, 1.807) is 0 Å². The third-order valence-electron chi connectivity index (χ3n) is 18.3. The van der Waals surface area contributed by atoms with Crippen molar-refractivity contribution in [1.29, 1.82) is 0 Å². The van der Waals surface area contributed by atoms with Gasteiger partial charge in [-0.05, 0) is 97.8 Å². The van der Waals surface area contributed by atoms with Crippen LogP contribution < -0.4 is 14.7 Å². The van der Waals surface area contributed by atoms with E-state index >= 15 is 0 Å². The first kappa shape index (κ1) is 86.4. The Bertz CT molecular complexity index is 1040. The van der Waals surface area contributed by atoms with Crippen molar-refractivity contribution in [2.45, 2.75) is 390 Å². The van der Waals surface area contributed by atoms with Crippen LogP contribution in [0.25, 0.3) is 0 Å². The molecule has 7 nitrogen and oxygen atoms in total. The van der Waals surface area contributed by atoms with Gasteiger partial charge in [0.1, 0.15) is 0 Å². The van der Waals surface area contributed by atoms with Crippen LogP contribution in [0.5, 0.6) is 0 Å². The van der Waals surface area contributed by atoms with Crippen LogP contribution in [0, 0.1) is 0 Å². The highest BCUT2D eigenvalue weighted by molar-refractivity contribution is 7.40. The molecule has 0 saturated carbocycles. The molecule has 0 fully saturated rings. The molecule has 0 amide bonds. The molecule has 0 aromatic rings. The highest BCUT2D eigenvalue weighted by atomic mass is 31.2. The summed E-state index contributed by atoms with van der Waals surface area (Å²) in [6.45, 7) is 33.3. The summed E-state index contributed by atoms with van der Waals surface area (Å²) in [5, 5.41) is 0. The quantitative estimate of drug-likeness (QED) is 0.0345. The summed E-state index contributed by atoms with van der Waals surface area (Å²) in [6, 6.07) is 0. The third-order valence-corrected chi connectivity index (χ3v) is 18.3. The minimum absolute atomic E-state index is 1.31. The Labute approximate surface area is 508 Å². The van der Waals surface area contributed by atoms with E-state index in [0.29, 0.717) is 0 Å². The number of quaternary nitrogens is 3. The number of hydrogen-bond donors (Lipinski definition) is 0. The molecule has 3 unspecified atom stereocenters. The minimum Gasteiger partial charge on any atom is -0.822 e. The highest BCUT2D eigenvalue weighted by Gasteiger charge is 2.20. The fourth-order valence-electron chi connectivity index (χ4n) is 11.6. The maximum Gasteiger partial charge on any atom is 0.0784 e. The summed E-state index contributed by atoms with van der Waals surface area (Å²) in [5.74, 6) is 0. The van der Waals surface area contributed by atoms with Gasteiger partial charge in [0.15, 0.2) is 0 Å². The summed E-state index contributed by atoms with van der Waals surface area (Å²) in [5.41, 5.74) is 0. The summed E-state index contributed by atoms with van der Waals surface area (Å²) in [4.78, 5) is 25.6. The van der Waals surface area contributed by atoms with Gasteiger partial charge >= 0.3 is 0 Å². The van der Waals surface area contributed by atoms with Gasteiger partial charge in [-0.3, -0.25) is 0 Å². The van der Waals surface area contributed by atoms with Crippen LogP contribution in [-0.4, -0.2) is 93.5 Å². The molecule has 0 aliphatic rings. The third kappa shape index (κ3) is 76.0. The fourth-order valence-corrected chi connectivity index (χ4v) is 11.6. The Balaban J connectivity index is -0.000000518. The number of rotatable bonds is 60. The summed E-state index contributed by atoms with van der Waals surface area (Å²) in [7, 11) is 2.09. The first-order valence-electron chi connectivity index (χ1n) is 36.8. The molecule has 0 saturated heterocycles. The van der Waals surface area contributed by atoms with Gasteiger partial charge in [0.05, 0.1) is 80.0 Å². The van der Waals surface area contributed by atoms with Crippen LogP contribution in [0.4, 0.5) is 0 Å². The molecule has 0 aliphatic heterocycles. The number of hydrogen-bond acceptors (Lipinski definition) is 4. The second-order valence-corrected chi connectivity index (χ2v) is 27.4. The van der Waals surface area contributed by atoms with E-state index in [4.69, 9.17) is 19.2 Å². The lowest BCUT2D eigenvalue weighted by molar-refractivity contribution is -0.908. The first-order valence-corrected chi connectivity index (χ1v) is 38.2. The molecule has 0 bridgehead atoms. The van der Waals surface area contributed by atoms with Gasteiger partial charge < -0.3 is 32.7 Å². The largest absolute Gasteiger partial charge is 0.822 e. The van der Waals surface area contributed by atoms with E-state index in [9.17, 15) is 0 Å². The SMILES string of the molecule is CCCCCCCCCCC[N+](C)(CC)CCCCCCCCCC.CCCCCCCCCCC[N+](C)(CC)CCCCCCCCCC.CCCCCCCCCCC[N+](C)(CC)CCCCCCCCCC.O=P([O-])([O-])[O-]. The second-order valence-electron chi connectivity index (χ2n) is 26.5. The topological polar surface area (TPSA) is 86.2 Å². The lowest BCUT2D eigenvalue weighted by atomic mass is 10.1. The van der Waals surface area contributed by atoms with Gasteiger partial charge in [-0.25, -0.2) is 0 Å². The van der Waals surface area contributed by atoms with Gasteiger partial charge in [-0.2, -0.15) is 7.82 Å². The molecule has 0 N–H and O–H groups in total. The summed E-state index contributed by atoms with van der Waals surface area (Å²) in [6.07, 6.45) is 73.7. The van der Waals surface area contributed by atoms with E-state index in [2.05, 4.69) is 83.5 Å². The van der Waals surface area contributed by atoms with Crippen LogP contribution in [0.1, 0.15) is 390 Å². The van der Waals surface area contributed by atoms with Gasteiger partial charge in [-0.1, -0.05) is 292 Å². The minimum atomic E-state index is -5.39. The normalized spacial score (nSPS) is 13.8. The van der Waals surface area contributed by atoms with Crippen LogP contribution in [0.3, 0.4) is 0 Å². The maximum absolute atomic E-state index is 8.55. The molecule has 0 aromatic heterocycles. The van der Waals surface area contributed by atoms with Crippen LogP contribution in [0.15, 0.2) is 0 Å². The summed E-state index contributed by atoms with van der Waals surface area (Å²) < 4.78 is 12.5. The van der Waals surface area contributed by atoms with E-state index in [1.807, 2.05) is 0 Å². The molecule has 0 spiro atoms. The molecular formula is C72H156N3O4P. The Morgan fingerprint density at radius 3 is 0.375 bits per heavy atom. The predicted molar refractivity (Wildman–Crippen MR) is 356 cm³/mol. The molecule has 0 heterocycles. The zero-order chi connectivity index (χ0) is 60.4. The Morgan fingerprint density at radius 1 is 0.200 bits per heavy atom. The predicted octanol–water partition coefficient (Wildman–Crippen LogP) is 21.5. The molecule has 0 radical (unpaired) electrons. The fraction of sp³-hybridized carbons (Fsp3) is 1.00. The van der Waals surface area contributed by atoms with Crippen molar-refractivity contribution < 1.29 is 32.7 Å². The molecular weight excluding hydrogens is 1000 g/mol. The van der Waals surface area contributed by atoms with Crippen molar-refractivity contribution in [3.05, 3.63) is 0 Å². The second kappa shape index (κ2) is 68.1. The average Bonchev–Trinajstić information content (AvgIpc) is 3.43. The maximum atomic E-state index is 8.55. The smallest absolute Gasteiger partial charge is 0.0784 e. The van der Waals surface area contributed by atoms with Crippen molar-refractivity contribution >= 4 is 7.82 Å². The lowest BCUT2D eigenvalue weighted by Crippen LogP contribution is -2.45. The molecule has 0 aromatic carbocycles. The highest BCUT2D eigenvalue weighted by Crippen LogP contribution is 2.19. The van der Waals surface area contributed by atoms with Crippen LogP contribution in [-0.2, 0) is 4.57 Å². The van der Waals surface area contributed by atoms with E-state index in [1.165, 1.54) is 400 Å². The Kier molecular flexibility index (Phi) is 73.6. The van der Waals surface area contributed by atoms with Crippen LogP contribution >= 0.6 is 7.82 Å². The van der Waals surface area contributed by atoms with Gasteiger partial charge in [0, 0.05) is 0 Å². The molecule has 8 heteroatoms.